The van der Waals surface area contributed by atoms with Crippen molar-refractivity contribution in [1.82, 2.24) is 4.72 Å². The van der Waals surface area contributed by atoms with Crippen molar-refractivity contribution in [2.45, 2.75) is 13.0 Å². The molecule has 116 valence electrons. The zero-order valence-electron chi connectivity index (χ0n) is 12.2. The first-order valence-corrected chi connectivity index (χ1v) is 8.58. The van der Waals surface area contributed by atoms with Gasteiger partial charge in [-0.25, -0.2) is 8.42 Å². The van der Waals surface area contributed by atoms with E-state index in [4.69, 9.17) is 0 Å². The van der Waals surface area contributed by atoms with E-state index in [2.05, 4.69) is 10.0 Å². The molecule has 0 spiro atoms. The molecule has 0 radical (unpaired) electrons. The van der Waals surface area contributed by atoms with Crippen LogP contribution >= 0.6 is 0 Å². The summed E-state index contributed by atoms with van der Waals surface area (Å²) in [6.07, 6.45) is 0. The van der Waals surface area contributed by atoms with Crippen LogP contribution in [0.1, 0.15) is 18.5 Å². The number of rotatable bonds is 6. The van der Waals surface area contributed by atoms with Gasteiger partial charge in [-0.15, -0.1) is 0 Å². The van der Waals surface area contributed by atoms with Crippen LogP contribution in [0.25, 0.3) is 0 Å². The molecule has 6 heteroatoms. The smallest absolute Gasteiger partial charge is 0.247 e. The molecule has 0 aliphatic rings. The molecule has 0 bridgehead atoms. The predicted octanol–water partition coefficient (Wildman–Crippen LogP) is 2.31. The number of anilines is 1. The third-order valence-electron chi connectivity index (χ3n) is 3.11. The van der Waals surface area contributed by atoms with Crippen molar-refractivity contribution in [2.24, 2.45) is 0 Å². The Morgan fingerprint density at radius 3 is 2.09 bits per heavy atom. The molecule has 0 fully saturated rings. The Bertz CT molecular complexity index is 716. The van der Waals surface area contributed by atoms with Gasteiger partial charge >= 0.3 is 0 Å². The predicted molar refractivity (Wildman–Crippen MR) is 86.9 cm³/mol. The van der Waals surface area contributed by atoms with E-state index in [1.165, 1.54) is 6.92 Å². The van der Waals surface area contributed by atoms with Gasteiger partial charge in [-0.05, 0) is 24.6 Å². The zero-order chi connectivity index (χ0) is 16.0. The van der Waals surface area contributed by atoms with E-state index in [9.17, 15) is 13.2 Å². The van der Waals surface area contributed by atoms with Gasteiger partial charge in [0.1, 0.15) is 6.04 Å². The lowest BCUT2D eigenvalue weighted by atomic mass is 10.1. The van der Waals surface area contributed by atoms with Gasteiger partial charge < -0.3 is 5.32 Å². The summed E-state index contributed by atoms with van der Waals surface area (Å²) in [5.74, 6) is -0.510. The molecule has 2 rings (SSSR count). The highest BCUT2D eigenvalue weighted by molar-refractivity contribution is 7.89. The third kappa shape index (κ3) is 4.41. The average Bonchev–Trinajstić information content (AvgIpc) is 2.54. The Morgan fingerprint density at radius 1 is 1.00 bits per heavy atom. The Kier molecular flexibility index (Phi) is 5.30. The first-order chi connectivity index (χ1) is 10.5. The molecule has 0 aromatic heterocycles. The van der Waals surface area contributed by atoms with E-state index in [1.54, 1.807) is 48.5 Å². The van der Waals surface area contributed by atoms with Crippen molar-refractivity contribution >= 4 is 21.6 Å². The molecule has 0 aliphatic carbocycles. The quantitative estimate of drug-likeness (QED) is 0.858. The number of carbonyl (C=O) groups excluding carboxylic acids is 1. The maximum atomic E-state index is 12.5. The van der Waals surface area contributed by atoms with Crippen LogP contribution in [0.4, 0.5) is 5.69 Å². The highest BCUT2D eigenvalue weighted by atomic mass is 32.2. The van der Waals surface area contributed by atoms with Crippen LogP contribution in [0.3, 0.4) is 0 Å². The first kappa shape index (κ1) is 16.2. The molecule has 1 amide bonds. The Labute approximate surface area is 130 Å². The average molecular weight is 318 g/mol. The van der Waals surface area contributed by atoms with Crippen LogP contribution in [0.2, 0.25) is 0 Å². The molecule has 0 heterocycles. The van der Waals surface area contributed by atoms with E-state index in [1.807, 2.05) is 12.1 Å². The van der Waals surface area contributed by atoms with Crippen LogP contribution in [0.15, 0.2) is 60.7 Å². The second-order valence-corrected chi connectivity index (χ2v) is 6.76. The fraction of sp³-hybridized carbons (Fsp3) is 0.188. The maximum Gasteiger partial charge on any atom is 0.247 e. The van der Waals surface area contributed by atoms with Crippen molar-refractivity contribution in [3.8, 4) is 0 Å². The van der Waals surface area contributed by atoms with Crippen molar-refractivity contribution in [2.75, 3.05) is 11.1 Å². The van der Waals surface area contributed by atoms with Crippen LogP contribution < -0.4 is 10.0 Å². The number of nitrogens with one attached hydrogen (secondary N) is 2. The minimum Gasteiger partial charge on any atom is -0.324 e. The number of amides is 1. The molecule has 2 N–H and O–H groups in total. The van der Waals surface area contributed by atoms with E-state index >= 15 is 0 Å². The largest absolute Gasteiger partial charge is 0.324 e. The minimum atomic E-state index is -3.51. The van der Waals surface area contributed by atoms with Crippen LogP contribution in [0.5, 0.6) is 0 Å². The molecule has 0 saturated carbocycles. The van der Waals surface area contributed by atoms with Crippen LogP contribution in [-0.2, 0) is 14.8 Å². The van der Waals surface area contributed by atoms with E-state index in [-0.39, 0.29) is 5.75 Å². The lowest BCUT2D eigenvalue weighted by Crippen LogP contribution is -2.37. The summed E-state index contributed by atoms with van der Waals surface area (Å²) in [4.78, 5) is 12.5. The van der Waals surface area contributed by atoms with Gasteiger partial charge in [-0.2, -0.15) is 4.72 Å². The molecule has 0 aliphatic heterocycles. The van der Waals surface area contributed by atoms with Gasteiger partial charge in [-0.3, -0.25) is 4.79 Å². The Hall–Kier alpha value is -2.18. The van der Waals surface area contributed by atoms with Gasteiger partial charge in [0.05, 0.1) is 5.75 Å². The zero-order valence-corrected chi connectivity index (χ0v) is 13.0. The number of sulfonamides is 1. The summed E-state index contributed by atoms with van der Waals surface area (Å²) in [6.45, 7) is 1.53. The van der Waals surface area contributed by atoms with Gasteiger partial charge in [0.25, 0.3) is 0 Å². The molecular formula is C16H18N2O3S. The number of hydrogen-bond acceptors (Lipinski definition) is 3. The van der Waals surface area contributed by atoms with Crippen molar-refractivity contribution in [3.05, 3.63) is 66.2 Å². The van der Waals surface area contributed by atoms with Gasteiger partial charge in [0.15, 0.2) is 0 Å². The van der Waals surface area contributed by atoms with Crippen LogP contribution in [0, 0.1) is 0 Å². The maximum absolute atomic E-state index is 12.5. The van der Waals surface area contributed by atoms with Crippen molar-refractivity contribution < 1.29 is 13.2 Å². The monoisotopic (exact) mass is 318 g/mol. The molecule has 2 aromatic carbocycles. The summed E-state index contributed by atoms with van der Waals surface area (Å²) < 4.78 is 26.1. The number of carbonyl (C=O) groups is 1. The van der Waals surface area contributed by atoms with Gasteiger partial charge in [0, 0.05) is 5.69 Å². The Balaban J connectivity index is 2.26. The van der Waals surface area contributed by atoms with E-state index < -0.39 is 22.0 Å². The van der Waals surface area contributed by atoms with Crippen LogP contribution in [-0.4, -0.2) is 20.1 Å². The molecule has 2 aromatic rings. The Morgan fingerprint density at radius 2 is 1.55 bits per heavy atom. The molecule has 5 nitrogen and oxygen atoms in total. The number of benzene rings is 2. The van der Waals surface area contributed by atoms with E-state index in [0.29, 0.717) is 11.3 Å². The highest BCUT2D eigenvalue weighted by Gasteiger charge is 2.25. The van der Waals surface area contributed by atoms with E-state index in [0.717, 1.165) is 0 Å². The lowest BCUT2D eigenvalue weighted by Gasteiger charge is -2.18. The SMILES string of the molecule is CCS(=O)(=O)N[C@@H](C(=O)Nc1ccccc1)c1ccccc1. The summed E-state index contributed by atoms with van der Waals surface area (Å²) >= 11 is 0. The molecular weight excluding hydrogens is 300 g/mol. The summed E-state index contributed by atoms with van der Waals surface area (Å²) in [5, 5.41) is 2.72. The number of para-hydroxylation sites is 1. The highest BCUT2D eigenvalue weighted by Crippen LogP contribution is 2.17. The van der Waals surface area contributed by atoms with Crippen molar-refractivity contribution in [1.29, 1.82) is 0 Å². The fourth-order valence-corrected chi connectivity index (χ4v) is 2.69. The second-order valence-electron chi connectivity index (χ2n) is 4.72. The van der Waals surface area contributed by atoms with Gasteiger partial charge in [-0.1, -0.05) is 48.5 Å². The summed E-state index contributed by atoms with van der Waals surface area (Å²) in [7, 11) is -3.51. The minimum absolute atomic E-state index is 0.0883. The van der Waals surface area contributed by atoms with Crippen molar-refractivity contribution in [3.63, 3.8) is 0 Å². The topological polar surface area (TPSA) is 75.3 Å². The summed E-state index contributed by atoms with van der Waals surface area (Å²) in [6, 6.07) is 16.7. The fourth-order valence-electron chi connectivity index (χ4n) is 1.92. The lowest BCUT2D eigenvalue weighted by molar-refractivity contribution is -0.117. The molecule has 0 saturated heterocycles. The molecule has 0 unspecified atom stereocenters. The van der Waals surface area contributed by atoms with Gasteiger partial charge in [0.2, 0.25) is 15.9 Å². The first-order valence-electron chi connectivity index (χ1n) is 6.92. The summed E-state index contributed by atoms with van der Waals surface area (Å²) in [5.41, 5.74) is 1.21. The molecule has 22 heavy (non-hydrogen) atoms. The third-order valence-corrected chi connectivity index (χ3v) is 4.47. The standard InChI is InChI=1S/C16H18N2O3S/c1-2-22(20,21)18-15(13-9-5-3-6-10-13)16(19)17-14-11-7-4-8-12-14/h3-12,15,18H,2H2,1H3,(H,17,19)/t15-/m1/s1. The normalized spacial score (nSPS) is 12.6. The second kappa shape index (κ2) is 7.20. The molecule has 1 atom stereocenters. The number of hydrogen-bond donors (Lipinski definition) is 2.